The van der Waals surface area contributed by atoms with Gasteiger partial charge in [-0.05, 0) is 58.0 Å². The van der Waals surface area contributed by atoms with E-state index in [0.29, 0.717) is 19.0 Å². The number of nitrogens with zero attached hydrogens (tertiary/aromatic N) is 5. The molecule has 3 heterocycles. The van der Waals surface area contributed by atoms with E-state index in [9.17, 15) is 10.2 Å². The molecule has 1 aliphatic carbocycles. The summed E-state index contributed by atoms with van der Waals surface area (Å²) in [5.41, 5.74) is 2.63. The maximum absolute atomic E-state index is 10.4. The Bertz CT molecular complexity index is 981. The Morgan fingerprint density at radius 2 is 1.97 bits per heavy atom. The summed E-state index contributed by atoms with van der Waals surface area (Å²) in [4.78, 5) is 15.7. The summed E-state index contributed by atoms with van der Waals surface area (Å²) in [5.74, 6) is 0.603. The average Bonchev–Trinajstić information content (AvgIpc) is 3.08. The Morgan fingerprint density at radius 3 is 2.73 bits per heavy atom. The summed E-state index contributed by atoms with van der Waals surface area (Å²) in [5, 5.41) is 24.5. The van der Waals surface area contributed by atoms with Crippen molar-refractivity contribution in [3.8, 4) is 11.3 Å². The second kappa shape index (κ2) is 9.07. The lowest BCUT2D eigenvalue weighted by Crippen LogP contribution is -2.29. The van der Waals surface area contributed by atoms with Crippen LogP contribution >= 0.6 is 0 Å². The molecule has 0 aromatic carbocycles. The van der Waals surface area contributed by atoms with Crippen molar-refractivity contribution in [1.29, 1.82) is 0 Å². The monoisotopic (exact) mass is 410 g/mol. The molecule has 4 rings (SSSR count). The topological polar surface area (TPSA) is 99.3 Å². The number of aliphatic hydroxyl groups excluding tert-OH is 2. The van der Waals surface area contributed by atoms with Gasteiger partial charge in [-0.15, -0.1) is 0 Å². The van der Waals surface area contributed by atoms with Gasteiger partial charge in [0.05, 0.1) is 24.4 Å². The van der Waals surface area contributed by atoms with Gasteiger partial charge in [0.25, 0.3) is 0 Å². The van der Waals surface area contributed by atoms with Gasteiger partial charge in [-0.25, -0.2) is 15.0 Å². The number of likely N-dealkylation sites (N-methyl/N-ethyl adjacent to an activating group) is 1. The van der Waals surface area contributed by atoms with E-state index in [-0.39, 0.29) is 12.1 Å². The number of aliphatic hydroxyl groups is 2. The number of anilines is 1. The highest BCUT2D eigenvalue weighted by atomic mass is 16.3. The third kappa shape index (κ3) is 4.77. The molecule has 1 fully saturated rings. The maximum Gasteiger partial charge on any atom is 0.223 e. The van der Waals surface area contributed by atoms with E-state index < -0.39 is 6.10 Å². The fraction of sp³-hybridized carbons (Fsp3) is 0.500. The van der Waals surface area contributed by atoms with Gasteiger partial charge >= 0.3 is 0 Å². The van der Waals surface area contributed by atoms with Crippen LogP contribution < -0.4 is 5.32 Å². The van der Waals surface area contributed by atoms with Gasteiger partial charge in [-0.3, -0.25) is 0 Å². The molecule has 0 aliphatic heterocycles. The van der Waals surface area contributed by atoms with Gasteiger partial charge in [0, 0.05) is 42.1 Å². The smallest absolute Gasteiger partial charge is 0.223 e. The molecular formula is C22H30N6O2. The zero-order chi connectivity index (χ0) is 21.1. The van der Waals surface area contributed by atoms with E-state index in [4.69, 9.17) is 4.98 Å². The van der Waals surface area contributed by atoms with Crippen molar-refractivity contribution in [2.24, 2.45) is 0 Å². The lowest BCUT2D eigenvalue weighted by molar-refractivity contribution is 0.121. The number of rotatable bonds is 7. The molecule has 1 saturated carbocycles. The van der Waals surface area contributed by atoms with Gasteiger partial charge < -0.3 is 25.0 Å². The van der Waals surface area contributed by atoms with Crippen LogP contribution in [0.3, 0.4) is 0 Å². The SMILES string of the molecule is CN(C)CC(O)Cn1cc(-c2ccnc(N[C@H]3CC[C@H](O)CC3)n2)c2cccnc21. The summed E-state index contributed by atoms with van der Waals surface area (Å²) in [7, 11) is 3.90. The van der Waals surface area contributed by atoms with Crippen molar-refractivity contribution in [3.05, 3.63) is 36.8 Å². The molecule has 1 unspecified atom stereocenters. The first kappa shape index (κ1) is 20.7. The molecule has 0 spiro atoms. The van der Waals surface area contributed by atoms with Gasteiger partial charge in [0.15, 0.2) is 0 Å². The second-order valence-corrected chi connectivity index (χ2v) is 8.40. The number of nitrogens with one attached hydrogen (secondary N) is 1. The van der Waals surface area contributed by atoms with Crippen molar-refractivity contribution in [2.45, 2.75) is 50.5 Å². The highest BCUT2D eigenvalue weighted by molar-refractivity contribution is 5.93. The molecule has 0 radical (unpaired) electrons. The lowest BCUT2D eigenvalue weighted by atomic mass is 9.93. The van der Waals surface area contributed by atoms with E-state index in [1.807, 2.05) is 48.0 Å². The van der Waals surface area contributed by atoms with Gasteiger partial charge in [0.2, 0.25) is 5.95 Å². The van der Waals surface area contributed by atoms with Crippen LogP contribution in [0.15, 0.2) is 36.8 Å². The first-order chi connectivity index (χ1) is 14.5. The minimum atomic E-state index is -0.491. The molecule has 1 aliphatic rings. The molecule has 0 bridgehead atoms. The largest absolute Gasteiger partial charge is 0.393 e. The van der Waals surface area contributed by atoms with Gasteiger partial charge in [-0.2, -0.15) is 0 Å². The number of pyridine rings is 1. The van der Waals surface area contributed by atoms with E-state index in [1.54, 1.807) is 12.4 Å². The van der Waals surface area contributed by atoms with Crippen LogP contribution in [-0.4, -0.2) is 73.5 Å². The molecule has 160 valence electrons. The van der Waals surface area contributed by atoms with Crippen molar-refractivity contribution in [3.63, 3.8) is 0 Å². The maximum atomic E-state index is 10.4. The van der Waals surface area contributed by atoms with E-state index >= 15 is 0 Å². The number of hydrogen-bond donors (Lipinski definition) is 3. The summed E-state index contributed by atoms with van der Waals surface area (Å²) in [6, 6.07) is 6.13. The van der Waals surface area contributed by atoms with Gasteiger partial charge in [0.1, 0.15) is 5.65 Å². The fourth-order valence-corrected chi connectivity index (χ4v) is 4.15. The van der Waals surface area contributed by atoms with Crippen LogP contribution in [0.1, 0.15) is 25.7 Å². The van der Waals surface area contributed by atoms with Crippen LogP contribution in [-0.2, 0) is 6.54 Å². The van der Waals surface area contributed by atoms with Crippen molar-refractivity contribution in [1.82, 2.24) is 24.4 Å². The molecule has 8 nitrogen and oxygen atoms in total. The van der Waals surface area contributed by atoms with Crippen LogP contribution in [0.5, 0.6) is 0 Å². The summed E-state index contributed by atoms with van der Waals surface area (Å²) in [6.45, 7) is 1.05. The predicted octanol–water partition coefficient (Wildman–Crippen LogP) is 2.13. The van der Waals surface area contributed by atoms with Crippen LogP contribution in [0.4, 0.5) is 5.95 Å². The van der Waals surface area contributed by atoms with Crippen molar-refractivity contribution < 1.29 is 10.2 Å². The Labute approximate surface area is 176 Å². The fourth-order valence-electron chi connectivity index (χ4n) is 4.15. The predicted molar refractivity (Wildman–Crippen MR) is 117 cm³/mol. The molecule has 0 saturated heterocycles. The molecule has 3 aromatic rings. The molecule has 0 amide bonds. The number of fused-ring (bicyclic) bond motifs is 1. The Hall–Kier alpha value is -2.55. The first-order valence-electron chi connectivity index (χ1n) is 10.5. The number of aromatic nitrogens is 4. The Balaban J connectivity index is 1.60. The van der Waals surface area contributed by atoms with Crippen LogP contribution in [0.25, 0.3) is 22.3 Å². The summed E-state index contributed by atoms with van der Waals surface area (Å²) < 4.78 is 2.00. The Kier molecular flexibility index (Phi) is 6.26. The lowest BCUT2D eigenvalue weighted by Gasteiger charge is -2.26. The number of hydrogen-bond acceptors (Lipinski definition) is 7. The van der Waals surface area contributed by atoms with Crippen molar-refractivity contribution >= 4 is 17.0 Å². The molecule has 1 atom stereocenters. The van der Waals surface area contributed by atoms with Crippen molar-refractivity contribution in [2.75, 3.05) is 26.0 Å². The minimum absolute atomic E-state index is 0.184. The van der Waals surface area contributed by atoms with Crippen LogP contribution in [0.2, 0.25) is 0 Å². The second-order valence-electron chi connectivity index (χ2n) is 8.40. The first-order valence-corrected chi connectivity index (χ1v) is 10.5. The summed E-state index contributed by atoms with van der Waals surface area (Å²) >= 11 is 0. The molecule has 3 N–H and O–H groups in total. The normalized spacial score (nSPS) is 20.6. The summed E-state index contributed by atoms with van der Waals surface area (Å²) in [6.07, 6.45) is 8.33. The standard InChI is InChI=1S/C22H30N6O2/c1-27(2)12-17(30)13-28-14-19(18-4-3-10-23-21(18)28)20-9-11-24-22(26-20)25-15-5-7-16(29)8-6-15/h3-4,9-11,14-17,29-30H,5-8,12-13H2,1-2H3,(H,24,25,26)/t15-,16-,17?. The third-order valence-electron chi connectivity index (χ3n) is 5.58. The van der Waals surface area contributed by atoms with Gasteiger partial charge in [-0.1, -0.05) is 0 Å². The average molecular weight is 411 g/mol. The molecular weight excluding hydrogens is 380 g/mol. The molecule has 3 aromatic heterocycles. The van der Waals surface area contributed by atoms with E-state index in [1.165, 1.54) is 0 Å². The highest BCUT2D eigenvalue weighted by Gasteiger charge is 2.20. The zero-order valence-electron chi connectivity index (χ0n) is 17.6. The molecule has 30 heavy (non-hydrogen) atoms. The molecule has 8 heteroatoms. The zero-order valence-corrected chi connectivity index (χ0v) is 17.6. The highest BCUT2D eigenvalue weighted by Crippen LogP contribution is 2.29. The Morgan fingerprint density at radius 1 is 1.17 bits per heavy atom. The van der Waals surface area contributed by atoms with Crippen LogP contribution in [0, 0.1) is 0 Å². The third-order valence-corrected chi connectivity index (χ3v) is 5.58. The van der Waals surface area contributed by atoms with E-state index in [2.05, 4.69) is 15.3 Å². The quantitative estimate of drug-likeness (QED) is 0.549. The minimum Gasteiger partial charge on any atom is -0.393 e. The van der Waals surface area contributed by atoms with E-state index in [0.717, 1.165) is 48.0 Å².